The van der Waals surface area contributed by atoms with Gasteiger partial charge in [-0.1, -0.05) is 49.7 Å². The Kier molecular flexibility index (Phi) is 5.77. The summed E-state index contributed by atoms with van der Waals surface area (Å²) in [5, 5.41) is 7.89. The minimum atomic E-state index is -0.0798. The molecule has 0 saturated carbocycles. The maximum atomic E-state index is 12.2. The van der Waals surface area contributed by atoms with Crippen LogP contribution in [0.5, 0.6) is 0 Å². The van der Waals surface area contributed by atoms with Crippen LogP contribution < -0.4 is 10.6 Å². The minimum absolute atomic E-state index is 0.0798. The highest BCUT2D eigenvalue weighted by Gasteiger charge is 2.06. The van der Waals surface area contributed by atoms with E-state index in [-0.39, 0.29) is 12.5 Å². The molecule has 4 aromatic rings. The lowest BCUT2D eigenvalue weighted by Crippen LogP contribution is -2.21. The van der Waals surface area contributed by atoms with Crippen molar-refractivity contribution in [2.45, 2.75) is 19.8 Å². The number of benzene rings is 3. The van der Waals surface area contributed by atoms with Crippen LogP contribution in [-0.4, -0.2) is 17.4 Å². The summed E-state index contributed by atoms with van der Waals surface area (Å²) in [5.74, 6) is 0.394. The molecule has 5 heteroatoms. The lowest BCUT2D eigenvalue weighted by molar-refractivity contribution is -0.114. The summed E-state index contributed by atoms with van der Waals surface area (Å²) in [7, 11) is 0. The molecular formula is C25H24ClN3O. The second-order valence-electron chi connectivity index (χ2n) is 7.67. The fraction of sp³-hybridized carbons (Fsp3) is 0.160. The summed E-state index contributed by atoms with van der Waals surface area (Å²) in [5.41, 5.74) is 6.10. The molecule has 0 aliphatic rings. The van der Waals surface area contributed by atoms with Crippen molar-refractivity contribution in [2.75, 3.05) is 17.2 Å². The van der Waals surface area contributed by atoms with E-state index in [1.807, 2.05) is 66.7 Å². The number of carbonyl (C=O) groups is 1. The van der Waals surface area contributed by atoms with Crippen molar-refractivity contribution in [3.63, 3.8) is 0 Å². The van der Waals surface area contributed by atoms with E-state index in [4.69, 9.17) is 11.6 Å². The molecule has 1 amide bonds. The SMILES string of the molecule is CC(C)c1ccc(NC(=O)CNc2ccc(-c3cc4cc(Cl)ccc4[nH]3)cc2)cc1. The van der Waals surface area contributed by atoms with Crippen molar-refractivity contribution >= 4 is 39.8 Å². The lowest BCUT2D eigenvalue weighted by atomic mass is 10.0. The predicted octanol–water partition coefficient (Wildman–Crippen LogP) is 6.66. The zero-order valence-electron chi connectivity index (χ0n) is 17.0. The van der Waals surface area contributed by atoms with Crippen LogP contribution in [-0.2, 0) is 4.79 Å². The molecule has 152 valence electrons. The van der Waals surface area contributed by atoms with Crippen molar-refractivity contribution in [3.05, 3.63) is 83.4 Å². The van der Waals surface area contributed by atoms with E-state index in [0.717, 1.165) is 38.6 Å². The van der Waals surface area contributed by atoms with Gasteiger partial charge in [-0.3, -0.25) is 4.79 Å². The third-order valence-electron chi connectivity index (χ3n) is 5.09. The topological polar surface area (TPSA) is 56.9 Å². The maximum absolute atomic E-state index is 12.2. The first-order valence-corrected chi connectivity index (χ1v) is 10.4. The zero-order valence-corrected chi connectivity index (χ0v) is 17.8. The average molecular weight is 418 g/mol. The van der Waals surface area contributed by atoms with Crippen LogP contribution >= 0.6 is 11.6 Å². The first-order chi connectivity index (χ1) is 14.5. The Balaban J connectivity index is 1.35. The van der Waals surface area contributed by atoms with E-state index < -0.39 is 0 Å². The summed E-state index contributed by atoms with van der Waals surface area (Å²) in [6.07, 6.45) is 0. The van der Waals surface area contributed by atoms with Crippen molar-refractivity contribution in [1.29, 1.82) is 0 Å². The standard InChI is InChI=1S/C25H24ClN3O/c1-16(2)17-3-10-22(11-4-17)28-25(30)15-27-21-8-5-18(6-9-21)24-14-19-13-20(26)7-12-23(19)29-24/h3-14,16,27,29H,15H2,1-2H3,(H,28,30). The van der Waals surface area contributed by atoms with E-state index >= 15 is 0 Å². The Labute approximate surface area is 181 Å². The number of amides is 1. The molecule has 3 aromatic carbocycles. The molecular weight excluding hydrogens is 394 g/mol. The molecule has 0 bridgehead atoms. The monoisotopic (exact) mass is 417 g/mol. The van der Waals surface area contributed by atoms with Gasteiger partial charge in [0.15, 0.2) is 0 Å². The molecule has 30 heavy (non-hydrogen) atoms. The number of H-pyrrole nitrogens is 1. The Morgan fingerprint density at radius 3 is 2.33 bits per heavy atom. The van der Waals surface area contributed by atoms with Crippen LogP contribution in [0.3, 0.4) is 0 Å². The third-order valence-corrected chi connectivity index (χ3v) is 5.33. The number of nitrogens with one attached hydrogen (secondary N) is 3. The third kappa shape index (κ3) is 4.66. The maximum Gasteiger partial charge on any atom is 0.243 e. The Morgan fingerprint density at radius 1 is 0.933 bits per heavy atom. The van der Waals surface area contributed by atoms with Gasteiger partial charge in [0.05, 0.1) is 6.54 Å². The molecule has 0 aliphatic heterocycles. The highest BCUT2D eigenvalue weighted by Crippen LogP contribution is 2.27. The van der Waals surface area contributed by atoms with Gasteiger partial charge in [0.25, 0.3) is 0 Å². The number of halogens is 1. The molecule has 3 N–H and O–H groups in total. The predicted molar refractivity (Wildman–Crippen MR) is 126 cm³/mol. The van der Waals surface area contributed by atoms with Crippen molar-refractivity contribution in [1.82, 2.24) is 4.98 Å². The summed E-state index contributed by atoms with van der Waals surface area (Å²) in [6, 6.07) is 23.8. The van der Waals surface area contributed by atoms with Gasteiger partial charge in [-0.25, -0.2) is 0 Å². The molecule has 1 heterocycles. The molecule has 1 aromatic heterocycles. The fourth-order valence-electron chi connectivity index (χ4n) is 3.37. The first kappa shape index (κ1) is 20.0. The number of anilines is 2. The van der Waals surface area contributed by atoms with Crippen LogP contribution in [0.2, 0.25) is 5.02 Å². The molecule has 0 spiro atoms. The van der Waals surface area contributed by atoms with Gasteiger partial charge in [0.2, 0.25) is 5.91 Å². The number of hydrogen-bond acceptors (Lipinski definition) is 2. The van der Waals surface area contributed by atoms with Crippen LogP contribution in [0, 0.1) is 0 Å². The van der Waals surface area contributed by atoms with Gasteiger partial charge in [-0.2, -0.15) is 0 Å². The first-order valence-electron chi connectivity index (χ1n) is 10.0. The van der Waals surface area contributed by atoms with Gasteiger partial charge in [0, 0.05) is 33.0 Å². The Bertz CT molecular complexity index is 1160. The summed E-state index contributed by atoms with van der Waals surface area (Å²) < 4.78 is 0. The largest absolute Gasteiger partial charge is 0.376 e. The number of hydrogen-bond donors (Lipinski definition) is 3. The quantitative estimate of drug-likeness (QED) is 0.328. The smallest absolute Gasteiger partial charge is 0.243 e. The van der Waals surface area contributed by atoms with Crippen molar-refractivity contribution < 1.29 is 4.79 Å². The van der Waals surface area contributed by atoms with Gasteiger partial charge in [-0.05, 0) is 65.6 Å². The normalized spacial score (nSPS) is 11.1. The van der Waals surface area contributed by atoms with Gasteiger partial charge < -0.3 is 15.6 Å². The second-order valence-corrected chi connectivity index (χ2v) is 8.11. The average Bonchev–Trinajstić information content (AvgIpc) is 3.16. The molecule has 4 rings (SSSR count). The highest BCUT2D eigenvalue weighted by molar-refractivity contribution is 6.31. The highest BCUT2D eigenvalue weighted by atomic mass is 35.5. The Morgan fingerprint density at radius 2 is 1.63 bits per heavy atom. The summed E-state index contributed by atoms with van der Waals surface area (Å²) in [4.78, 5) is 15.6. The molecule has 0 unspecified atom stereocenters. The van der Waals surface area contributed by atoms with Crippen molar-refractivity contribution in [2.24, 2.45) is 0 Å². The molecule has 0 atom stereocenters. The van der Waals surface area contributed by atoms with Crippen LogP contribution in [0.25, 0.3) is 22.2 Å². The van der Waals surface area contributed by atoms with Gasteiger partial charge in [0.1, 0.15) is 0 Å². The van der Waals surface area contributed by atoms with Gasteiger partial charge in [-0.15, -0.1) is 0 Å². The van der Waals surface area contributed by atoms with Crippen molar-refractivity contribution in [3.8, 4) is 11.3 Å². The number of aromatic amines is 1. The van der Waals surface area contributed by atoms with E-state index in [2.05, 4.69) is 35.5 Å². The van der Waals surface area contributed by atoms with Crippen LogP contribution in [0.1, 0.15) is 25.3 Å². The lowest BCUT2D eigenvalue weighted by Gasteiger charge is -2.10. The van der Waals surface area contributed by atoms with Gasteiger partial charge >= 0.3 is 0 Å². The number of rotatable bonds is 6. The van der Waals surface area contributed by atoms with E-state index in [0.29, 0.717) is 5.92 Å². The minimum Gasteiger partial charge on any atom is -0.376 e. The van der Waals surface area contributed by atoms with E-state index in [9.17, 15) is 4.79 Å². The van der Waals surface area contributed by atoms with E-state index in [1.54, 1.807) is 0 Å². The molecule has 0 saturated heterocycles. The summed E-state index contributed by atoms with van der Waals surface area (Å²) in [6.45, 7) is 4.50. The van der Waals surface area contributed by atoms with E-state index in [1.165, 1.54) is 5.56 Å². The number of fused-ring (bicyclic) bond motifs is 1. The fourth-order valence-corrected chi connectivity index (χ4v) is 3.55. The molecule has 0 fully saturated rings. The molecule has 0 aliphatic carbocycles. The molecule has 4 nitrogen and oxygen atoms in total. The zero-order chi connectivity index (χ0) is 21.1. The second kappa shape index (κ2) is 8.64. The Hall–Kier alpha value is -3.24. The van der Waals surface area contributed by atoms with Crippen LogP contribution in [0.4, 0.5) is 11.4 Å². The van der Waals surface area contributed by atoms with Crippen LogP contribution in [0.15, 0.2) is 72.8 Å². The number of carbonyl (C=O) groups excluding carboxylic acids is 1. The number of aromatic nitrogens is 1. The molecule has 0 radical (unpaired) electrons. The summed E-state index contributed by atoms with van der Waals surface area (Å²) >= 11 is 6.07.